The number of aliphatic imine (C=N–C) groups is 1. The molecule has 0 aliphatic carbocycles. The highest BCUT2D eigenvalue weighted by Gasteiger charge is 2.32. The van der Waals surface area contributed by atoms with Gasteiger partial charge in [-0.25, -0.2) is 9.78 Å². The molecule has 0 spiro atoms. The second-order valence-corrected chi connectivity index (χ2v) is 9.80. The van der Waals surface area contributed by atoms with E-state index in [1.165, 1.54) is 12.5 Å². The first kappa shape index (κ1) is 32.3. The van der Waals surface area contributed by atoms with Crippen molar-refractivity contribution in [3.8, 4) is 0 Å². The fourth-order valence-electron chi connectivity index (χ4n) is 3.67. The number of H-pyrrole nitrogens is 1. The fourth-order valence-corrected chi connectivity index (χ4v) is 3.67. The minimum absolute atomic E-state index is 0.0113. The van der Waals surface area contributed by atoms with Crippen molar-refractivity contribution >= 4 is 29.7 Å². The summed E-state index contributed by atoms with van der Waals surface area (Å²) in [6, 6.07) is -4.10. The number of guanidine groups is 1. The van der Waals surface area contributed by atoms with Crippen molar-refractivity contribution in [1.29, 1.82) is 0 Å². The molecule has 1 aromatic heterocycles. The lowest BCUT2D eigenvalue weighted by Crippen LogP contribution is -2.58. The van der Waals surface area contributed by atoms with Crippen LogP contribution in [0.15, 0.2) is 17.5 Å². The Kier molecular flexibility index (Phi) is 13.8. The maximum atomic E-state index is 13.3. The monoisotopic (exact) mass is 537 g/mol. The molecular weight excluding hydrogens is 494 g/mol. The number of aliphatic carboxylic acids is 1. The van der Waals surface area contributed by atoms with E-state index in [9.17, 15) is 24.3 Å². The lowest BCUT2D eigenvalue weighted by molar-refractivity contribution is -0.144. The van der Waals surface area contributed by atoms with Crippen LogP contribution in [0.2, 0.25) is 0 Å². The third-order valence-electron chi connectivity index (χ3n) is 6.03. The summed E-state index contributed by atoms with van der Waals surface area (Å²) in [5.41, 5.74) is 17.2. The molecule has 0 radical (unpaired) electrons. The van der Waals surface area contributed by atoms with Crippen LogP contribution in [0.25, 0.3) is 0 Å². The van der Waals surface area contributed by atoms with Crippen molar-refractivity contribution in [2.24, 2.45) is 34.0 Å². The van der Waals surface area contributed by atoms with Crippen molar-refractivity contribution in [1.82, 2.24) is 25.9 Å². The summed E-state index contributed by atoms with van der Waals surface area (Å²) in [6.45, 7) is 7.61. The molecule has 14 nitrogen and oxygen atoms in total. The van der Waals surface area contributed by atoms with Crippen LogP contribution in [-0.2, 0) is 25.6 Å². The fraction of sp³-hybridized carbons (Fsp3) is 0.667. The SMILES string of the molecule is CCC(C)C(NC(=O)C(CC(C)C)NC(=O)C(Cc1cnc[nH]1)NC(=O)C(N)CCCN=C(N)N)C(=O)O. The summed E-state index contributed by atoms with van der Waals surface area (Å²) in [5.74, 6) is -3.29. The van der Waals surface area contributed by atoms with E-state index in [1.54, 1.807) is 6.92 Å². The normalized spacial score (nSPS) is 15.0. The Morgan fingerprint density at radius 2 is 1.68 bits per heavy atom. The molecule has 0 fully saturated rings. The van der Waals surface area contributed by atoms with Crippen LogP contribution in [0.4, 0.5) is 0 Å². The van der Waals surface area contributed by atoms with Crippen molar-refractivity contribution in [2.45, 2.75) is 84.0 Å². The third-order valence-corrected chi connectivity index (χ3v) is 6.03. The van der Waals surface area contributed by atoms with Crippen LogP contribution in [0, 0.1) is 11.8 Å². The molecule has 0 aliphatic heterocycles. The zero-order chi connectivity index (χ0) is 28.8. The van der Waals surface area contributed by atoms with Crippen LogP contribution < -0.4 is 33.2 Å². The number of nitrogens with one attached hydrogen (secondary N) is 4. The van der Waals surface area contributed by atoms with Gasteiger partial charge < -0.3 is 43.2 Å². The van der Waals surface area contributed by atoms with Gasteiger partial charge >= 0.3 is 5.97 Å². The number of rotatable bonds is 17. The average molecular weight is 538 g/mol. The van der Waals surface area contributed by atoms with E-state index in [0.717, 1.165) is 0 Å². The predicted octanol–water partition coefficient (Wildman–Crippen LogP) is -1.04. The smallest absolute Gasteiger partial charge is 0.326 e. The summed E-state index contributed by atoms with van der Waals surface area (Å²) in [4.78, 5) is 61.6. The van der Waals surface area contributed by atoms with Gasteiger partial charge in [0.1, 0.15) is 18.1 Å². The number of hydrogen-bond donors (Lipinski definition) is 8. The Morgan fingerprint density at radius 3 is 2.21 bits per heavy atom. The standard InChI is InChI=1S/C24H43N9O5/c1-5-14(4)19(23(37)38)33-22(36)17(9-13(2)3)32-21(35)18(10-15-11-28-12-30-15)31-20(34)16(25)7-6-8-29-24(26)27/h11-14,16-19H,5-10,25H2,1-4H3,(H,28,30)(H,31,34)(H,32,35)(H,33,36)(H,37,38)(H4,26,27,29). The molecule has 3 amide bonds. The van der Waals surface area contributed by atoms with Gasteiger partial charge in [-0.2, -0.15) is 0 Å². The van der Waals surface area contributed by atoms with Gasteiger partial charge in [0.25, 0.3) is 0 Å². The van der Waals surface area contributed by atoms with Gasteiger partial charge in [-0.05, 0) is 31.1 Å². The number of amides is 3. The van der Waals surface area contributed by atoms with Gasteiger partial charge in [0.2, 0.25) is 17.7 Å². The topological polar surface area (TPSA) is 244 Å². The second kappa shape index (κ2) is 16.2. The van der Waals surface area contributed by atoms with Crippen LogP contribution in [0.1, 0.15) is 59.1 Å². The molecule has 11 N–H and O–H groups in total. The van der Waals surface area contributed by atoms with Crippen LogP contribution in [0.5, 0.6) is 0 Å². The first-order valence-corrected chi connectivity index (χ1v) is 12.8. The van der Waals surface area contributed by atoms with Gasteiger partial charge in [-0.15, -0.1) is 0 Å². The maximum absolute atomic E-state index is 13.3. The van der Waals surface area contributed by atoms with Crippen molar-refractivity contribution in [2.75, 3.05) is 6.54 Å². The molecule has 0 aliphatic rings. The maximum Gasteiger partial charge on any atom is 0.326 e. The number of nitrogens with zero attached hydrogens (tertiary/aromatic N) is 2. The summed E-state index contributed by atoms with van der Waals surface area (Å²) >= 11 is 0. The zero-order valence-electron chi connectivity index (χ0n) is 22.6. The molecule has 214 valence electrons. The van der Waals surface area contributed by atoms with E-state index in [-0.39, 0.29) is 37.1 Å². The third kappa shape index (κ3) is 11.6. The summed E-state index contributed by atoms with van der Waals surface area (Å²) < 4.78 is 0. The van der Waals surface area contributed by atoms with Gasteiger partial charge in [0, 0.05) is 24.9 Å². The van der Waals surface area contributed by atoms with E-state index < -0.39 is 47.9 Å². The van der Waals surface area contributed by atoms with Gasteiger partial charge in [-0.3, -0.25) is 19.4 Å². The Balaban J connectivity index is 3.01. The minimum Gasteiger partial charge on any atom is -0.480 e. The summed E-state index contributed by atoms with van der Waals surface area (Å²) in [7, 11) is 0. The lowest BCUT2D eigenvalue weighted by Gasteiger charge is -2.27. The van der Waals surface area contributed by atoms with Gasteiger partial charge in [0.05, 0.1) is 12.4 Å². The van der Waals surface area contributed by atoms with Gasteiger partial charge in [0.15, 0.2) is 5.96 Å². The van der Waals surface area contributed by atoms with E-state index in [4.69, 9.17) is 17.2 Å². The Bertz CT molecular complexity index is 932. The van der Waals surface area contributed by atoms with E-state index in [1.807, 2.05) is 20.8 Å². The van der Waals surface area contributed by atoms with Crippen LogP contribution in [-0.4, -0.2) is 75.4 Å². The zero-order valence-corrected chi connectivity index (χ0v) is 22.6. The van der Waals surface area contributed by atoms with Crippen molar-refractivity contribution < 1.29 is 24.3 Å². The molecular formula is C24H43N9O5. The van der Waals surface area contributed by atoms with Crippen LogP contribution >= 0.6 is 0 Å². The van der Waals surface area contributed by atoms with E-state index in [0.29, 0.717) is 25.1 Å². The molecule has 0 aromatic carbocycles. The Hall–Kier alpha value is -3.68. The number of imidazole rings is 1. The second-order valence-electron chi connectivity index (χ2n) is 9.80. The predicted molar refractivity (Wildman–Crippen MR) is 143 cm³/mol. The molecule has 0 saturated heterocycles. The number of carboxylic acid groups (broad SMARTS) is 1. The highest BCUT2D eigenvalue weighted by atomic mass is 16.4. The molecule has 0 bridgehead atoms. The molecule has 5 atom stereocenters. The molecule has 0 saturated carbocycles. The average Bonchev–Trinajstić information content (AvgIpc) is 3.36. The van der Waals surface area contributed by atoms with E-state index >= 15 is 0 Å². The summed E-state index contributed by atoms with van der Waals surface area (Å²) in [6.07, 6.45) is 4.58. The van der Waals surface area contributed by atoms with Crippen LogP contribution in [0.3, 0.4) is 0 Å². The number of carboxylic acids is 1. The number of hydrogen-bond acceptors (Lipinski definition) is 7. The highest BCUT2D eigenvalue weighted by molar-refractivity contribution is 5.94. The van der Waals surface area contributed by atoms with E-state index in [2.05, 4.69) is 30.9 Å². The number of carbonyl (C=O) groups excluding carboxylic acids is 3. The quantitative estimate of drug-likeness (QED) is 0.0686. The van der Waals surface area contributed by atoms with Crippen molar-refractivity contribution in [3.05, 3.63) is 18.2 Å². The number of nitrogens with two attached hydrogens (primary N) is 3. The number of carbonyl (C=O) groups is 4. The minimum atomic E-state index is -1.15. The highest BCUT2D eigenvalue weighted by Crippen LogP contribution is 2.11. The summed E-state index contributed by atoms with van der Waals surface area (Å²) in [5, 5.41) is 17.5. The Morgan fingerprint density at radius 1 is 1.05 bits per heavy atom. The van der Waals surface area contributed by atoms with Gasteiger partial charge in [-0.1, -0.05) is 34.1 Å². The molecule has 5 unspecified atom stereocenters. The lowest BCUT2D eigenvalue weighted by atomic mass is 9.97. The Labute approximate surface area is 223 Å². The molecule has 1 rings (SSSR count). The number of aromatic nitrogens is 2. The largest absolute Gasteiger partial charge is 0.480 e. The number of aromatic amines is 1. The first-order valence-electron chi connectivity index (χ1n) is 12.8. The molecule has 38 heavy (non-hydrogen) atoms. The molecule has 1 heterocycles. The molecule has 1 aromatic rings. The van der Waals surface area contributed by atoms with Crippen molar-refractivity contribution in [3.63, 3.8) is 0 Å². The first-order chi connectivity index (χ1) is 17.8. The molecule has 14 heteroatoms.